The van der Waals surface area contributed by atoms with Gasteiger partial charge in [-0.05, 0) is 18.1 Å². The summed E-state index contributed by atoms with van der Waals surface area (Å²) in [5, 5.41) is 10.6. The zero-order valence-corrected chi connectivity index (χ0v) is 12.0. The molecule has 3 heteroatoms. The zero-order chi connectivity index (χ0) is 14.7. The van der Waals surface area contributed by atoms with Crippen LogP contribution in [0.1, 0.15) is 28.7 Å². The standard InChI is InChI=1S/C18H18N2O/c1-14-19-12-17(18(21)16-10-6-3-7-11-16)20(14)13-15-8-4-2-5-9-15/h2-12,18,21H,13H2,1H3/t18-/m1/s1. The maximum Gasteiger partial charge on any atom is 0.121 e. The predicted octanol–water partition coefficient (Wildman–Crippen LogP) is 3.32. The SMILES string of the molecule is Cc1ncc([C@H](O)c2ccccc2)n1Cc1ccccc1. The van der Waals surface area contributed by atoms with E-state index in [0.717, 1.165) is 17.1 Å². The number of aromatic nitrogens is 2. The Bertz CT molecular complexity index is 705. The van der Waals surface area contributed by atoms with Crippen LogP contribution in [0.4, 0.5) is 0 Å². The van der Waals surface area contributed by atoms with Crippen molar-refractivity contribution in [2.24, 2.45) is 0 Å². The van der Waals surface area contributed by atoms with Gasteiger partial charge in [0.05, 0.1) is 11.9 Å². The van der Waals surface area contributed by atoms with Crippen LogP contribution >= 0.6 is 0 Å². The molecule has 106 valence electrons. The van der Waals surface area contributed by atoms with Crippen LogP contribution in [0.15, 0.2) is 66.9 Å². The number of aryl methyl sites for hydroxylation is 1. The molecular formula is C18H18N2O. The van der Waals surface area contributed by atoms with Crippen molar-refractivity contribution in [3.8, 4) is 0 Å². The molecule has 0 unspecified atom stereocenters. The number of hydrogen-bond donors (Lipinski definition) is 1. The maximum absolute atomic E-state index is 10.6. The number of aliphatic hydroxyl groups excluding tert-OH is 1. The van der Waals surface area contributed by atoms with Crippen LogP contribution in [0.5, 0.6) is 0 Å². The summed E-state index contributed by atoms with van der Waals surface area (Å²) in [6.45, 7) is 2.68. The summed E-state index contributed by atoms with van der Waals surface area (Å²) in [4.78, 5) is 4.36. The Morgan fingerprint density at radius 2 is 1.62 bits per heavy atom. The third-order valence-corrected chi connectivity index (χ3v) is 3.66. The first kappa shape index (κ1) is 13.6. The smallest absolute Gasteiger partial charge is 0.121 e. The number of hydrogen-bond acceptors (Lipinski definition) is 2. The molecule has 0 aliphatic rings. The Hall–Kier alpha value is -2.39. The Balaban J connectivity index is 1.94. The molecule has 0 radical (unpaired) electrons. The van der Waals surface area contributed by atoms with E-state index in [-0.39, 0.29) is 0 Å². The van der Waals surface area contributed by atoms with Gasteiger partial charge in [0.1, 0.15) is 11.9 Å². The molecule has 0 fully saturated rings. The number of imidazole rings is 1. The molecule has 3 aromatic rings. The van der Waals surface area contributed by atoms with Crippen molar-refractivity contribution >= 4 is 0 Å². The highest BCUT2D eigenvalue weighted by Crippen LogP contribution is 2.23. The first-order chi connectivity index (χ1) is 10.3. The van der Waals surface area contributed by atoms with E-state index >= 15 is 0 Å². The van der Waals surface area contributed by atoms with Gasteiger partial charge in [0.25, 0.3) is 0 Å². The highest BCUT2D eigenvalue weighted by Gasteiger charge is 2.17. The van der Waals surface area contributed by atoms with Crippen LogP contribution in [0, 0.1) is 6.92 Å². The van der Waals surface area contributed by atoms with E-state index in [4.69, 9.17) is 0 Å². The van der Waals surface area contributed by atoms with Crippen LogP contribution in [0.2, 0.25) is 0 Å². The van der Waals surface area contributed by atoms with Crippen molar-refractivity contribution < 1.29 is 5.11 Å². The summed E-state index contributed by atoms with van der Waals surface area (Å²) in [6, 6.07) is 19.9. The average molecular weight is 278 g/mol. The van der Waals surface area contributed by atoms with Crippen molar-refractivity contribution in [2.75, 3.05) is 0 Å². The van der Waals surface area contributed by atoms with E-state index in [2.05, 4.69) is 21.7 Å². The van der Waals surface area contributed by atoms with Gasteiger partial charge >= 0.3 is 0 Å². The van der Waals surface area contributed by atoms with Crippen LogP contribution < -0.4 is 0 Å². The first-order valence-corrected chi connectivity index (χ1v) is 7.04. The summed E-state index contributed by atoms with van der Waals surface area (Å²) >= 11 is 0. The van der Waals surface area contributed by atoms with Crippen molar-refractivity contribution in [3.05, 3.63) is 89.5 Å². The molecule has 21 heavy (non-hydrogen) atoms. The second-order valence-corrected chi connectivity index (χ2v) is 5.12. The lowest BCUT2D eigenvalue weighted by Crippen LogP contribution is -2.11. The van der Waals surface area contributed by atoms with Gasteiger partial charge < -0.3 is 9.67 Å². The van der Waals surface area contributed by atoms with Crippen molar-refractivity contribution in [1.82, 2.24) is 9.55 Å². The van der Waals surface area contributed by atoms with Crippen LogP contribution in [0.25, 0.3) is 0 Å². The van der Waals surface area contributed by atoms with E-state index in [0.29, 0.717) is 6.54 Å². The molecule has 2 aromatic carbocycles. The summed E-state index contributed by atoms with van der Waals surface area (Å²) in [5.41, 5.74) is 2.90. The van der Waals surface area contributed by atoms with Gasteiger partial charge in [0.2, 0.25) is 0 Å². The Morgan fingerprint density at radius 3 is 2.29 bits per heavy atom. The normalized spacial score (nSPS) is 12.3. The van der Waals surface area contributed by atoms with Crippen LogP contribution in [-0.4, -0.2) is 14.7 Å². The molecule has 0 aliphatic carbocycles. The van der Waals surface area contributed by atoms with E-state index < -0.39 is 6.10 Å². The molecule has 1 heterocycles. The minimum absolute atomic E-state index is 0.656. The van der Waals surface area contributed by atoms with Gasteiger partial charge in [0.15, 0.2) is 0 Å². The van der Waals surface area contributed by atoms with Gasteiger partial charge in [-0.1, -0.05) is 60.7 Å². The number of aliphatic hydroxyl groups is 1. The molecule has 0 amide bonds. The number of nitrogens with zero attached hydrogens (tertiary/aromatic N) is 2. The minimum atomic E-state index is -0.656. The van der Waals surface area contributed by atoms with Gasteiger partial charge in [-0.15, -0.1) is 0 Å². The highest BCUT2D eigenvalue weighted by molar-refractivity contribution is 5.27. The maximum atomic E-state index is 10.6. The fourth-order valence-corrected chi connectivity index (χ4v) is 2.48. The van der Waals surface area contributed by atoms with Crippen LogP contribution in [-0.2, 0) is 6.54 Å². The first-order valence-electron chi connectivity index (χ1n) is 7.04. The average Bonchev–Trinajstić information content (AvgIpc) is 2.90. The summed E-state index contributed by atoms with van der Waals surface area (Å²) < 4.78 is 2.06. The lowest BCUT2D eigenvalue weighted by molar-refractivity contribution is 0.210. The van der Waals surface area contributed by atoms with Crippen molar-refractivity contribution in [2.45, 2.75) is 19.6 Å². The molecule has 1 atom stereocenters. The lowest BCUT2D eigenvalue weighted by atomic mass is 10.1. The molecule has 0 aliphatic heterocycles. The van der Waals surface area contributed by atoms with Crippen molar-refractivity contribution in [3.63, 3.8) is 0 Å². The molecule has 1 aromatic heterocycles. The Labute approximate surface area is 124 Å². The van der Waals surface area contributed by atoms with E-state index in [1.54, 1.807) is 6.20 Å². The van der Waals surface area contributed by atoms with E-state index in [1.807, 2.05) is 55.5 Å². The zero-order valence-electron chi connectivity index (χ0n) is 12.0. The van der Waals surface area contributed by atoms with Gasteiger partial charge in [-0.2, -0.15) is 0 Å². The molecule has 0 spiro atoms. The molecule has 0 bridgehead atoms. The van der Waals surface area contributed by atoms with E-state index in [9.17, 15) is 5.11 Å². The molecule has 1 N–H and O–H groups in total. The van der Waals surface area contributed by atoms with Crippen LogP contribution in [0.3, 0.4) is 0 Å². The minimum Gasteiger partial charge on any atom is -0.382 e. The largest absolute Gasteiger partial charge is 0.382 e. The summed E-state index contributed by atoms with van der Waals surface area (Å²) in [7, 11) is 0. The van der Waals surface area contributed by atoms with Gasteiger partial charge in [-0.25, -0.2) is 4.98 Å². The van der Waals surface area contributed by atoms with E-state index in [1.165, 1.54) is 5.56 Å². The summed E-state index contributed by atoms with van der Waals surface area (Å²) in [6.07, 6.45) is 1.10. The second kappa shape index (κ2) is 5.94. The van der Waals surface area contributed by atoms with Crippen molar-refractivity contribution in [1.29, 1.82) is 0 Å². The number of rotatable bonds is 4. The fraction of sp³-hybridized carbons (Fsp3) is 0.167. The highest BCUT2D eigenvalue weighted by atomic mass is 16.3. The Kier molecular flexibility index (Phi) is 3.84. The molecule has 3 nitrogen and oxygen atoms in total. The molecule has 3 rings (SSSR count). The van der Waals surface area contributed by atoms with Gasteiger partial charge in [0, 0.05) is 6.54 Å². The Morgan fingerprint density at radius 1 is 1.00 bits per heavy atom. The fourth-order valence-electron chi connectivity index (χ4n) is 2.48. The van der Waals surface area contributed by atoms with Gasteiger partial charge in [-0.3, -0.25) is 0 Å². The molecule has 0 saturated heterocycles. The second-order valence-electron chi connectivity index (χ2n) is 5.12. The third kappa shape index (κ3) is 2.88. The third-order valence-electron chi connectivity index (χ3n) is 3.66. The topological polar surface area (TPSA) is 38.1 Å². The molecular weight excluding hydrogens is 260 g/mol. The lowest BCUT2D eigenvalue weighted by Gasteiger charge is -2.15. The quantitative estimate of drug-likeness (QED) is 0.795. The summed E-state index contributed by atoms with van der Waals surface area (Å²) in [5.74, 6) is 0.906. The predicted molar refractivity (Wildman–Crippen MR) is 83.0 cm³/mol. The monoisotopic (exact) mass is 278 g/mol. The molecule has 0 saturated carbocycles. The number of benzene rings is 2.